The zero-order valence-corrected chi connectivity index (χ0v) is 9.15. The van der Waals surface area contributed by atoms with Crippen LogP contribution in [0.2, 0.25) is 0 Å². The molecule has 0 unspecified atom stereocenters. The third kappa shape index (κ3) is 4.17. The second-order valence-electron chi connectivity index (χ2n) is 3.70. The molecule has 0 aliphatic carbocycles. The van der Waals surface area contributed by atoms with E-state index in [-0.39, 0.29) is 0 Å². The van der Waals surface area contributed by atoms with Crippen LogP contribution in [0.4, 0.5) is 0 Å². The molecular weight excluding hydrogens is 144 g/mol. The molecule has 0 spiro atoms. The number of hydrogen-bond acceptors (Lipinski definition) is 0. The average molecular weight is 164 g/mol. The Morgan fingerprint density at radius 3 is 1.00 bits per heavy atom. The predicted molar refractivity (Wildman–Crippen MR) is 57.2 cm³/mol. The van der Waals surface area contributed by atoms with Crippen LogP contribution in [-0.2, 0) is 0 Å². The number of rotatable bonds is 2. The minimum absolute atomic E-state index is 1.36. The molecule has 0 fully saturated rings. The third-order valence-corrected chi connectivity index (χ3v) is 2.16. The van der Waals surface area contributed by atoms with Gasteiger partial charge in [-0.25, -0.2) is 0 Å². The lowest BCUT2D eigenvalue weighted by molar-refractivity contribution is 1.27. The molecule has 0 radical (unpaired) electrons. The van der Waals surface area contributed by atoms with E-state index < -0.39 is 0 Å². The summed E-state index contributed by atoms with van der Waals surface area (Å²) in [5, 5.41) is 0. The molecule has 12 heavy (non-hydrogen) atoms. The molecule has 0 aromatic carbocycles. The Balaban J connectivity index is 4.48. The van der Waals surface area contributed by atoms with Crippen molar-refractivity contribution in [3.63, 3.8) is 0 Å². The van der Waals surface area contributed by atoms with Crippen LogP contribution in [0.25, 0.3) is 0 Å². The summed E-state index contributed by atoms with van der Waals surface area (Å²) in [5.41, 5.74) is 5.48. The van der Waals surface area contributed by atoms with Gasteiger partial charge < -0.3 is 0 Å². The van der Waals surface area contributed by atoms with Gasteiger partial charge in [-0.2, -0.15) is 0 Å². The Morgan fingerprint density at radius 2 is 0.833 bits per heavy atom. The van der Waals surface area contributed by atoms with Crippen LogP contribution in [-0.4, -0.2) is 0 Å². The maximum absolute atomic E-state index is 2.18. The van der Waals surface area contributed by atoms with Gasteiger partial charge >= 0.3 is 0 Å². The maximum Gasteiger partial charge on any atom is -0.0398 e. The summed E-state index contributed by atoms with van der Waals surface area (Å²) in [6.45, 7) is 12.8. The molecule has 0 aliphatic heterocycles. The molecule has 0 N–H and O–H groups in total. The molecule has 68 valence electrons. The lowest BCUT2D eigenvalue weighted by atomic mass is 10.1. The summed E-state index contributed by atoms with van der Waals surface area (Å²) >= 11 is 0. The van der Waals surface area contributed by atoms with E-state index in [1.807, 2.05) is 0 Å². The molecule has 0 aliphatic rings. The highest BCUT2D eigenvalue weighted by Gasteiger charge is 1.87. The second-order valence-corrected chi connectivity index (χ2v) is 3.70. The Labute approximate surface area is 76.7 Å². The largest absolute Gasteiger partial charge is 0.0735 e. The van der Waals surface area contributed by atoms with E-state index in [4.69, 9.17) is 0 Å². The SMILES string of the molecule is CC(C)=C(C)C=CC(C)=C(C)C. The van der Waals surface area contributed by atoms with E-state index in [1.165, 1.54) is 22.3 Å². The van der Waals surface area contributed by atoms with Crippen molar-refractivity contribution >= 4 is 0 Å². The first-order valence-corrected chi connectivity index (χ1v) is 4.41. The number of hydrogen-bond donors (Lipinski definition) is 0. The van der Waals surface area contributed by atoms with Crippen LogP contribution in [0.1, 0.15) is 41.5 Å². The average Bonchev–Trinajstić information content (AvgIpc) is 1.98. The zero-order chi connectivity index (χ0) is 9.72. The van der Waals surface area contributed by atoms with Gasteiger partial charge in [0.1, 0.15) is 0 Å². The highest BCUT2D eigenvalue weighted by atomic mass is 13.9. The fraction of sp³-hybridized carbons (Fsp3) is 0.500. The molecule has 0 saturated heterocycles. The second kappa shape index (κ2) is 4.97. The molecule has 0 aromatic rings. The fourth-order valence-corrected chi connectivity index (χ4v) is 0.583. The fourth-order valence-electron chi connectivity index (χ4n) is 0.583. The van der Waals surface area contributed by atoms with E-state index >= 15 is 0 Å². The quantitative estimate of drug-likeness (QED) is 0.535. The van der Waals surface area contributed by atoms with Crippen molar-refractivity contribution < 1.29 is 0 Å². The van der Waals surface area contributed by atoms with Gasteiger partial charge in [0.25, 0.3) is 0 Å². The standard InChI is InChI=1S/C12H20/c1-9(2)11(5)7-8-12(6)10(3)4/h7-8H,1-6H3. The summed E-state index contributed by atoms with van der Waals surface area (Å²) in [5.74, 6) is 0. The first kappa shape index (κ1) is 11.2. The molecule has 0 amide bonds. The van der Waals surface area contributed by atoms with E-state index in [9.17, 15) is 0 Å². The van der Waals surface area contributed by atoms with Crippen molar-refractivity contribution in [3.8, 4) is 0 Å². The lowest BCUT2D eigenvalue weighted by Gasteiger charge is -1.97. The molecule has 0 nitrogen and oxygen atoms in total. The van der Waals surface area contributed by atoms with Gasteiger partial charge in [0.15, 0.2) is 0 Å². The van der Waals surface area contributed by atoms with Crippen LogP contribution in [0.5, 0.6) is 0 Å². The summed E-state index contributed by atoms with van der Waals surface area (Å²) < 4.78 is 0. The molecule has 0 heteroatoms. The molecule has 0 rings (SSSR count). The van der Waals surface area contributed by atoms with E-state index in [1.54, 1.807) is 0 Å². The van der Waals surface area contributed by atoms with Gasteiger partial charge in [-0.3, -0.25) is 0 Å². The van der Waals surface area contributed by atoms with Crippen molar-refractivity contribution in [1.82, 2.24) is 0 Å². The maximum atomic E-state index is 2.18. The van der Waals surface area contributed by atoms with Crippen molar-refractivity contribution in [2.45, 2.75) is 41.5 Å². The van der Waals surface area contributed by atoms with Crippen molar-refractivity contribution in [3.05, 3.63) is 34.4 Å². The predicted octanol–water partition coefficient (Wildman–Crippen LogP) is 4.26. The lowest BCUT2D eigenvalue weighted by Crippen LogP contribution is -1.76. The summed E-state index contributed by atoms with van der Waals surface area (Å²) in [6.07, 6.45) is 4.36. The summed E-state index contributed by atoms with van der Waals surface area (Å²) in [4.78, 5) is 0. The first-order chi connectivity index (χ1) is 5.45. The smallest absolute Gasteiger partial charge is 0.0398 e. The summed E-state index contributed by atoms with van der Waals surface area (Å²) in [7, 11) is 0. The van der Waals surface area contributed by atoms with Crippen molar-refractivity contribution in [1.29, 1.82) is 0 Å². The Hall–Kier alpha value is -0.780. The van der Waals surface area contributed by atoms with Gasteiger partial charge in [-0.05, 0) is 41.5 Å². The van der Waals surface area contributed by atoms with Crippen LogP contribution >= 0.6 is 0 Å². The van der Waals surface area contributed by atoms with Crippen molar-refractivity contribution in [2.24, 2.45) is 0 Å². The topological polar surface area (TPSA) is 0 Å². The molecule has 0 bridgehead atoms. The monoisotopic (exact) mass is 164 g/mol. The Bertz CT molecular complexity index is 203. The van der Waals surface area contributed by atoms with Crippen LogP contribution in [0, 0.1) is 0 Å². The molecule has 0 heterocycles. The first-order valence-electron chi connectivity index (χ1n) is 4.41. The summed E-state index contributed by atoms with van der Waals surface area (Å²) in [6, 6.07) is 0. The third-order valence-electron chi connectivity index (χ3n) is 2.16. The van der Waals surface area contributed by atoms with E-state index in [0.717, 1.165) is 0 Å². The highest BCUT2D eigenvalue weighted by molar-refractivity contribution is 5.29. The van der Waals surface area contributed by atoms with Crippen molar-refractivity contribution in [2.75, 3.05) is 0 Å². The molecule has 0 saturated carbocycles. The van der Waals surface area contributed by atoms with Gasteiger partial charge in [0.2, 0.25) is 0 Å². The van der Waals surface area contributed by atoms with Crippen LogP contribution in [0.15, 0.2) is 34.4 Å². The normalized spacial score (nSPS) is 10.2. The molecular formula is C12H20. The van der Waals surface area contributed by atoms with Gasteiger partial charge in [-0.15, -0.1) is 0 Å². The van der Waals surface area contributed by atoms with E-state index in [0.29, 0.717) is 0 Å². The van der Waals surface area contributed by atoms with E-state index in [2.05, 4.69) is 53.7 Å². The Morgan fingerprint density at radius 1 is 0.583 bits per heavy atom. The minimum atomic E-state index is 1.36. The van der Waals surface area contributed by atoms with Crippen LogP contribution in [0.3, 0.4) is 0 Å². The highest BCUT2D eigenvalue weighted by Crippen LogP contribution is 2.08. The zero-order valence-electron chi connectivity index (χ0n) is 9.15. The van der Waals surface area contributed by atoms with Gasteiger partial charge in [-0.1, -0.05) is 34.4 Å². The van der Waals surface area contributed by atoms with Crippen LogP contribution < -0.4 is 0 Å². The molecule has 0 aromatic heterocycles. The van der Waals surface area contributed by atoms with Gasteiger partial charge in [0.05, 0.1) is 0 Å². The van der Waals surface area contributed by atoms with Gasteiger partial charge in [0, 0.05) is 0 Å². The molecule has 0 atom stereocenters. The Kier molecular flexibility index (Phi) is 4.65. The minimum Gasteiger partial charge on any atom is -0.0735 e. The number of allylic oxidation sites excluding steroid dienone is 6.